The average molecular weight is 206 g/mol. The number of amides is 1. The molecule has 84 valence electrons. The van der Waals surface area contributed by atoms with E-state index < -0.39 is 18.7 Å². The van der Waals surface area contributed by atoms with Crippen molar-refractivity contribution in [1.29, 1.82) is 0 Å². The van der Waals surface area contributed by atoms with E-state index in [9.17, 15) is 9.59 Å². The standard InChI is InChI=1S/C4H7NO4.C2H2.CH5N.CH4/c1-5-4(8)9-2-3(6)7;2*1-2;/h2H2,1H3,(H,5,8)(H,6,7);1-2H;2H2,1H3;1H4. The molecule has 0 radical (unpaired) electrons. The molecule has 6 heteroatoms. The lowest BCUT2D eigenvalue weighted by molar-refractivity contribution is -0.140. The summed E-state index contributed by atoms with van der Waals surface area (Å²) in [4.78, 5) is 19.8. The zero-order valence-electron chi connectivity index (χ0n) is 7.61. The second kappa shape index (κ2) is 22.5. The van der Waals surface area contributed by atoms with Crippen LogP contribution in [0.3, 0.4) is 0 Å². The van der Waals surface area contributed by atoms with Crippen molar-refractivity contribution in [3.63, 3.8) is 0 Å². The lowest BCUT2D eigenvalue weighted by Crippen LogP contribution is -2.22. The second-order valence-corrected chi connectivity index (χ2v) is 1.22. The highest BCUT2D eigenvalue weighted by Gasteiger charge is 2.00. The minimum atomic E-state index is -1.17. The topological polar surface area (TPSA) is 102 Å². The SMILES string of the molecule is C.C#C.CN.CNC(=O)OCC(=O)O. The van der Waals surface area contributed by atoms with Crippen molar-refractivity contribution in [2.24, 2.45) is 5.73 Å². The molecule has 0 aliphatic rings. The molecule has 14 heavy (non-hydrogen) atoms. The number of ether oxygens (including phenoxy) is 1. The molecule has 0 atom stereocenters. The summed E-state index contributed by atoms with van der Waals surface area (Å²) in [7, 11) is 2.85. The molecular formula is C8H18N2O4. The Morgan fingerprint density at radius 2 is 1.79 bits per heavy atom. The van der Waals surface area contributed by atoms with Gasteiger partial charge in [0, 0.05) is 7.05 Å². The minimum Gasteiger partial charge on any atom is -0.479 e. The van der Waals surface area contributed by atoms with Crippen molar-refractivity contribution in [2.75, 3.05) is 20.7 Å². The quantitative estimate of drug-likeness (QED) is 0.547. The summed E-state index contributed by atoms with van der Waals surface area (Å²) in [6.07, 6.45) is 7.26. The van der Waals surface area contributed by atoms with Crippen molar-refractivity contribution in [1.82, 2.24) is 5.32 Å². The van der Waals surface area contributed by atoms with Gasteiger partial charge in [0.15, 0.2) is 6.61 Å². The van der Waals surface area contributed by atoms with Gasteiger partial charge in [0.2, 0.25) is 0 Å². The zero-order valence-corrected chi connectivity index (χ0v) is 7.61. The van der Waals surface area contributed by atoms with E-state index in [-0.39, 0.29) is 7.43 Å². The van der Waals surface area contributed by atoms with Gasteiger partial charge in [-0.15, -0.1) is 12.8 Å². The Balaban J connectivity index is -0.0000000883. The first-order chi connectivity index (χ1) is 6.16. The van der Waals surface area contributed by atoms with Crippen LogP contribution in [0.4, 0.5) is 4.79 Å². The number of terminal acetylenes is 1. The zero-order chi connectivity index (χ0) is 11.3. The number of rotatable bonds is 2. The van der Waals surface area contributed by atoms with Crippen LogP contribution in [-0.4, -0.2) is 37.9 Å². The molecule has 0 fully saturated rings. The van der Waals surface area contributed by atoms with E-state index in [1.807, 2.05) is 0 Å². The predicted octanol–water partition coefficient (Wildman–Crippen LogP) is -0.113. The molecule has 0 bridgehead atoms. The second-order valence-electron chi connectivity index (χ2n) is 1.22. The molecule has 0 aromatic carbocycles. The van der Waals surface area contributed by atoms with Crippen molar-refractivity contribution in [2.45, 2.75) is 7.43 Å². The third-order valence-electron chi connectivity index (χ3n) is 0.531. The Hall–Kier alpha value is -1.74. The number of carboxylic acids is 1. The lowest BCUT2D eigenvalue weighted by Gasteiger charge is -1.97. The van der Waals surface area contributed by atoms with E-state index >= 15 is 0 Å². The number of nitrogens with one attached hydrogen (secondary N) is 1. The lowest BCUT2D eigenvalue weighted by atomic mass is 10.7. The first-order valence-corrected chi connectivity index (χ1v) is 3.14. The number of alkyl carbamates (subject to hydrolysis) is 1. The van der Waals surface area contributed by atoms with Gasteiger partial charge < -0.3 is 20.9 Å². The average Bonchev–Trinajstić information content (AvgIpc) is 2.20. The molecule has 0 heterocycles. The summed E-state index contributed by atoms with van der Waals surface area (Å²) in [5, 5.41) is 10.0. The molecule has 0 saturated heterocycles. The Labute approximate surface area is 84.4 Å². The number of hydrogen-bond acceptors (Lipinski definition) is 4. The van der Waals surface area contributed by atoms with Crippen LogP contribution >= 0.6 is 0 Å². The van der Waals surface area contributed by atoms with E-state index in [0.717, 1.165) is 0 Å². The molecule has 0 rings (SSSR count). The van der Waals surface area contributed by atoms with Gasteiger partial charge in [-0.25, -0.2) is 9.59 Å². The van der Waals surface area contributed by atoms with Crippen molar-refractivity contribution >= 4 is 12.1 Å². The number of hydrogen-bond donors (Lipinski definition) is 3. The summed E-state index contributed by atoms with van der Waals surface area (Å²) in [6, 6.07) is 0. The van der Waals surface area contributed by atoms with Crippen LogP contribution in [0.25, 0.3) is 0 Å². The Morgan fingerprint density at radius 3 is 2.00 bits per heavy atom. The Morgan fingerprint density at radius 1 is 1.43 bits per heavy atom. The number of carbonyl (C=O) groups excluding carboxylic acids is 1. The molecule has 4 N–H and O–H groups in total. The van der Waals surface area contributed by atoms with E-state index in [1.165, 1.54) is 14.1 Å². The molecule has 0 aliphatic heterocycles. The van der Waals surface area contributed by atoms with Crippen LogP contribution in [0.5, 0.6) is 0 Å². The van der Waals surface area contributed by atoms with Gasteiger partial charge in [0.05, 0.1) is 0 Å². The van der Waals surface area contributed by atoms with Crippen LogP contribution in [0, 0.1) is 12.8 Å². The fourth-order valence-corrected chi connectivity index (χ4v) is 0.199. The van der Waals surface area contributed by atoms with Crippen molar-refractivity contribution in [3.05, 3.63) is 0 Å². The highest BCUT2D eigenvalue weighted by atomic mass is 16.6. The van der Waals surface area contributed by atoms with Gasteiger partial charge in [-0.2, -0.15) is 0 Å². The number of carbonyl (C=O) groups is 2. The molecule has 0 unspecified atom stereocenters. The first-order valence-electron chi connectivity index (χ1n) is 3.14. The summed E-state index contributed by atoms with van der Waals surface area (Å²) in [5.74, 6) is -1.17. The number of carboxylic acid groups (broad SMARTS) is 1. The van der Waals surface area contributed by atoms with Crippen LogP contribution < -0.4 is 11.1 Å². The van der Waals surface area contributed by atoms with Gasteiger partial charge in [-0.3, -0.25) is 0 Å². The predicted molar refractivity (Wildman–Crippen MR) is 54.8 cm³/mol. The van der Waals surface area contributed by atoms with E-state index in [1.54, 1.807) is 0 Å². The van der Waals surface area contributed by atoms with Crippen LogP contribution in [-0.2, 0) is 9.53 Å². The van der Waals surface area contributed by atoms with Gasteiger partial charge >= 0.3 is 12.1 Å². The normalized spacial score (nSPS) is 5.79. The van der Waals surface area contributed by atoms with Crippen LogP contribution in [0.15, 0.2) is 0 Å². The maximum absolute atomic E-state index is 10.1. The van der Waals surface area contributed by atoms with E-state index in [2.05, 4.69) is 28.6 Å². The minimum absolute atomic E-state index is 0. The maximum Gasteiger partial charge on any atom is 0.407 e. The van der Waals surface area contributed by atoms with Gasteiger partial charge in [-0.05, 0) is 7.05 Å². The molecule has 1 amide bonds. The van der Waals surface area contributed by atoms with Gasteiger partial charge in [0.1, 0.15) is 0 Å². The molecular weight excluding hydrogens is 188 g/mol. The number of aliphatic carboxylic acids is 1. The molecule has 0 spiro atoms. The molecule has 0 aromatic rings. The summed E-state index contributed by atoms with van der Waals surface area (Å²) in [5.41, 5.74) is 4.50. The third kappa shape index (κ3) is 31.8. The van der Waals surface area contributed by atoms with Crippen LogP contribution in [0.1, 0.15) is 7.43 Å². The highest BCUT2D eigenvalue weighted by molar-refractivity contribution is 5.73. The Bertz CT molecular complexity index is 157. The highest BCUT2D eigenvalue weighted by Crippen LogP contribution is 1.74. The largest absolute Gasteiger partial charge is 0.479 e. The summed E-state index contributed by atoms with van der Waals surface area (Å²) < 4.78 is 4.10. The van der Waals surface area contributed by atoms with E-state index in [0.29, 0.717) is 0 Å². The fraction of sp³-hybridized carbons (Fsp3) is 0.500. The Kier molecular flexibility index (Phi) is 36.6. The first kappa shape index (κ1) is 22.8. The maximum atomic E-state index is 10.1. The monoisotopic (exact) mass is 206 g/mol. The number of nitrogens with two attached hydrogens (primary N) is 1. The third-order valence-corrected chi connectivity index (χ3v) is 0.531. The molecule has 0 aliphatic carbocycles. The molecule has 0 saturated carbocycles. The van der Waals surface area contributed by atoms with Gasteiger partial charge in [-0.1, -0.05) is 7.43 Å². The molecule has 6 nitrogen and oxygen atoms in total. The van der Waals surface area contributed by atoms with Crippen molar-refractivity contribution < 1.29 is 19.4 Å². The fourth-order valence-electron chi connectivity index (χ4n) is 0.199. The van der Waals surface area contributed by atoms with Crippen molar-refractivity contribution in [3.8, 4) is 12.8 Å². The summed E-state index contributed by atoms with van der Waals surface area (Å²) in [6.45, 7) is -0.598. The smallest absolute Gasteiger partial charge is 0.407 e. The summed E-state index contributed by atoms with van der Waals surface area (Å²) >= 11 is 0. The molecule has 0 aromatic heterocycles. The van der Waals surface area contributed by atoms with Crippen LogP contribution in [0.2, 0.25) is 0 Å². The van der Waals surface area contributed by atoms with Gasteiger partial charge in [0.25, 0.3) is 0 Å². The van der Waals surface area contributed by atoms with E-state index in [4.69, 9.17) is 5.11 Å².